The van der Waals surface area contributed by atoms with Gasteiger partial charge >= 0.3 is 0 Å². The van der Waals surface area contributed by atoms with Gasteiger partial charge in [0.15, 0.2) is 5.82 Å². The van der Waals surface area contributed by atoms with Gasteiger partial charge in [-0.05, 0) is 12.1 Å². The Morgan fingerprint density at radius 2 is 2.11 bits per heavy atom. The maximum absolute atomic E-state index is 5.94. The smallest absolute Gasteiger partial charge is 0.242 e. The zero-order chi connectivity index (χ0) is 13.0. The number of ether oxygens (including phenoxy) is 1. The molecule has 18 heavy (non-hydrogen) atoms. The van der Waals surface area contributed by atoms with Crippen molar-refractivity contribution >= 4 is 11.5 Å². The predicted molar refractivity (Wildman–Crippen MR) is 69.3 cm³/mol. The summed E-state index contributed by atoms with van der Waals surface area (Å²) in [5.74, 6) is 1.01. The first kappa shape index (κ1) is 12.1. The standard InChI is InChI=1S/C12H15N5O/c1-17(7-9-5-3-4-6-14-9)11-10(13)12(18-2)16-8-15-11/h3-6,8H,7,13H2,1-2H3. The Balaban J connectivity index is 2.21. The number of nitrogen functional groups attached to an aromatic ring is 1. The van der Waals surface area contributed by atoms with E-state index in [1.165, 1.54) is 13.4 Å². The van der Waals surface area contributed by atoms with E-state index in [9.17, 15) is 0 Å². The van der Waals surface area contributed by atoms with E-state index in [2.05, 4.69) is 15.0 Å². The third kappa shape index (κ3) is 2.48. The Kier molecular flexibility index (Phi) is 3.57. The molecule has 0 aliphatic carbocycles. The minimum absolute atomic E-state index is 0.382. The van der Waals surface area contributed by atoms with Gasteiger partial charge in [0.2, 0.25) is 5.88 Å². The van der Waals surface area contributed by atoms with Crippen molar-refractivity contribution in [2.24, 2.45) is 0 Å². The number of anilines is 2. The number of hydrogen-bond acceptors (Lipinski definition) is 6. The monoisotopic (exact) mass is 245 g/mol. The number of nitrogens with two attached hydrogens (primary N) is 1. The predicted octanol–water partition coefficient (Wildman–Crippen LogP) is 1.10. The van der Waals surface area contributed by atoms with Gasteiger partial charge in [0.05, 0.1) is 19.3 Å². The molecule has 0 saturated carbocycles. The van der Waals surface area contributed by atoms with Crippen LogP contribution in [-0.4, -0.2) is 29.1 Å². The molecule has 0 bridgehead atoms. The van der Waals surface area contributed by atoms with E-state index in [1.54, 1.807) is 6.20 Å². The van der Waals surface area contributed by atoms with E-state index < -0.39 is 0 Å². The van der Waals surface area contributed by atoms with Crippen LogP contribution in [0, 0.1) is 0 Å². The zero-order valence-corrected chi connectivity index (χ0v) is 10.4. The summed E-state index contributed by atoms with van der Waals surface area (Å²) in [6.07, 6.45) is 3.19. The number of rotatable bonds is 4. The van der Waals surface area contributed by atoms with E-state index >= 15 is 0 Å². The molecular formula is C12H15N5O. The SMILES string of the molecule is COc1ncnc(N(C)Cc2ccccn2)c1N. The first-order valence-corrected chi connectivity index (χ1v) is 5.48. The lowest BCUT2D eigenvalue weighted by atomic mass is 10.3. The summed E-state index contributed by atoms with van der Waals surface area (Å²) in [7, 11) is 3.42. The molecule has 94 valence electrons. The Labute approximate surface area is 105 Å². The topological polar surface area (TPSA) is 77.2 Å². The Bertz CT molecular complexity index is 517. The average Bonchev–Trinajstić information content (AvgIpc) is 2.40. The molecule has 2 N–H and O–H groups in total. The van der Waals surface area contributed by atoms with Crippen molar-refractivity contribution in [3.05, 3.63) is 36.4 Å². The Morgan fingerprint density at radius 3 is 2.78 bits per heavy atom. The van der Waals surface area contributed by atoms with Gasteiger partial charge in [0.25, 0.3) is 0 Å². The Hall–Kier alpha value is -2.37. The number of nitrogens with zero attached hydrogens (tertiary/aromatic N) is 4. The van der Waals surface area contributed by atoms with Gasteiger partial charge in [0, 0.05) is 13.2 Å². The van der Waals surface area contributed by atoms with Crippen molar-refractivity contribution in [2.75, 3.05) is 24.8 Å². The van der Waals surface area contributed by atoms with Crippen molar-refractivity contribution in [3.63, 3.8) is 0 Å². The lowest BCUT2D eigenvalue weighted by Crippen LogP contribution is -2.20. The molecule has 0 atom stereocenters. The molecule has 0 aromatic carbocycles. The van der Waals surface area contributed by atoms with Crippen LogP contribution in [0.3, 0.4) is 0 Å². The van der Waals surface area contributed by atoms with E-state index in [1.807, 2.05) is 30.1 Å². The fourth-order valence-electron chi connectivity index (χ4n) is 1.65. The summed E-state index contributed by atoms with van der Waals surface area (Å²) in [5.41, 5.74) is 7.31. The summed E-state index contributed by atoms with van der Waals surface area (Å²) >= 11 is 0. The van der Waals surface area contributed by atoms with Gasteiger partial charge in [-0.25, -0.2) is 4.98 Å². The summed E-state index contributed by atoms with van der Waals surface area (Å²) < 4.78 is 5.07. The summed E-state index contributed by atoms with van der Waals surface area (Å²) in [4.78, 5) is 14.3. The number of methoxy groups -OCH3 is 1. The molecule has 2 aromatic heterocycles. The highest BCUT2D eigenvalue weighted by atomic mass is 16.5. The molecule has 0 fully saturated rings. The Morgan fingerprint density at radius 1 is 1.28 bits per heavy atom. The quantitative estimate of drug-likeness (QED) is 0.869. The largest absolute Gasteiger partial charge is 0.479 e. The van der Waals surface area contributed by atoms with Crippen LogP contribution < -0.4 is 15.4 Å². The molecule has 2 heterocycles. The van der Waals surface area contributed by atoms with Crippen LogP contribution in [0.15, 0.2) is 30.7 Å². The molecule has 0 radical (unpaired) electrons. The van der Waals surface area contributed by atoms with Crippen LogP contribution in [0.5, 0.6) is 5.88 Å². The number of hydrogen-bond donors (Lipinski definition) is 1. The van der Waals surface area contributed by atoms with Crippen molar-refractivity contribution < 1.29 is 4.74 Å². The van der Waals surface area contributed by atoms with Crippen LogP contribution >= 0.6 is 0 Å². The second-order valence-electron chi connectivity index (χ2n) is 3.80. The van der Waals surface area contributed by atoms with Crippen LogP contribution in [0.2, 0.25) is 0 Å². The molecule has 0 aliphatic rings. The van der Waals surface area contributed by atoms with Crippen LogP contribution in [0.4, 0.5) is 11.5 Å². The third-order valence-corrected chi connectivity index (χ3v) is 2.51. The van der Waals surface area contributed by atoms with E-state index in [4.69, 9.17) is 10.5 Å². The van der Waals surface area contributed by atoms with Gasteiger partial charge in [-0.2, -0.15) is 4.98 Å². The maximum atomic E-state index is 5.94. The van der Waals surface area contributed by atoms with E-state index in [0.717, 1.165) is 5.69 Å². The molecule has 6 heteroatoms. The average molecular weight is 245 g/mol. The van der Waals surface area contributed by atoms with Crippen LogP contribution in [0.1, 0.15) is 5.69 Å². The van der Waals surface area contributed by atoms with Gasteiger partial charge in [-0.3, -0.25) is 4.98 Å². The lowest BCUT2D eigenvalue weighted by molar-refractivity contribution is 0.399. The van der Waals surface area contributed by atoms with Gasteiger partial charge < -0.3 is 15.4 Å². The summed E-state index contributed by atoms with van der Waals surface area (Å²) in [6.45, 7) is 0.616. The van der Waals surface area contributed by atoms with Crippen LogP contribution in [-0.2, 0) is 6.54 Å². The summed E-state index contributed by atoms with van der Waals surface area (Å²) in [5, 5.41) is 0. The molecule has 0 saturated heterocycles. The van der Waals surface area contributed by atoms with Gasteiger partial charge in [0.1, 0.15) is 12.0 Å². The van der Waals surface area contributed by atoms with Gasteiger partial charge in [-0.1, -0.05) is 6.07 Å². The first-order valence-electron chi connectivity index (χ1n) is 5.48. The number of aromatic nitrogens is 3. The minimum Gasteiger partial charge on any atom is -0.479 e. The van der Waals surface area contributed by atoms with Crippen molar-refractivity contribution in [1.82, 2.24) is 15.0 Å². The second-order valence-corrected chi connectivity index (χ2v) is 3.80. The van der Waals surface area contributed by atoms with E-state index in [0.29, 0.717) is 23.9 Å². The van der Waals surface area contributed by atoms with Crippen molar-refractivity contribution in [2.45, 2.75) is 6.54 Å². The molecule has 0 aliphatic heterocycles. The first-order chi connectivity index (χ1) is 8.72. The highest BCUT2D eigenvalue weighted by Crippen LogP contribution is 2.27. The normalized spacial score (nSPS) is 10.1. The minimum atomic E-state index is 0.382. The molecule has 6 nitrogen and oxygen atoms in total. The third-order valence-electron chi connectivity index (χ3n) is 2.51. The molecule has 0 amide bonds. The summed E-state index contributed by atoms with van der Waals surface area (Å²) in [6, 6.07) is 5.77. The lowest BCUT2D eigenvalue weighted by Gasteiger charge is -2.19. The number of pyridine rings is 1. The van der Waals surface area contributed by atoms with Gasteiger partial charge in [-0.15, -0.1) is 0 Å². The fraction of sp³-hybridized carbons (Fsp3) is 0.250. The zero-order valence-electron chi connectivity index (χ0n) is 10.4. The maximum Gasteiger partial charge on any atom is 0.242 e. The molecule has 2 rings (SSSR count). The fourth-order valence-corrected chi connectivity index (χ4v) is 1.65. The van der Waals surface area contributed by atoms with Crippen molar-refractivity contribution in [1.29, 1.82) is 0 Å². The second kappa shape index (κ2) is 5.31. The highest BCUT2D eigenvalue weighted by Gasteiger charge is 2.12. The van der Waals surface area contributed by atoms with E-state index in [-0.39, 0.29) is 0 Å². The molecule has 0 unspecified atom stereocenters. The highest BCUT2D eigenvalue weighted by molar-refractivity contribution is 5.67. The van der Waals surface area contributed by atoms with Crippen LogP contribution in [0.25, 0.3) is 0 Å². The molecule has 2 aromatic rings. The van der Waals surface area contributed by atoms with Crippen molar-refractivity contribution in [3.8, 4) is 5.88 Å². The molecule has 0 spiro atoms. The molecular weight excluding hydrogens is 230 g/mol.